The molecule has 1 aliphatic heterocycles. The zero-order chi connectivity index (χ0) is 21.7. The molecule has 0 spiro atoms. The fourth-order valence-corrected chi connectivity index (χ4v) is 4.77. The molecular formula is C22H28ClFN2O5. The molecule has 0 amide bonds. The van der Waals surface area contributed by atoms with E-state index in [1.807, 2.05) is 4.90 Å². The number of aryl methyl sites for hydroxylation is 1. The topological polar surface area (TPSA) is 102 Å². The van der Waals surface area contributed by atoms with Crippen LogP contribution in [0.4, 0.5) is 10.1 Å². The number of anilines is 1. The predicted molar refractivity (Wildman–Crippen MR) is 117 cm³/mol. The normalized spacial score (nSPS) is 20.1. The molecular weight excluding hydrogens is 427 g/mol. The van der Waals surface area contributed by atoms with Crippen molar-refractivity contribution in [2.24, 2.45) is 11.8 Å². The molecule has 1 aliphatic carbocycles. The van der Waals surface area contributed by atoms with Crippen LogP contribution < -0.4 is 10.5 Å². The molecule has 2 aromatic heterocycles. The van der Waals surface area contributed by atoms with Gasteiger partial charge in [-0.05, 0) is 61.6 Å². The quantitative estimate of drug-likeness (QED) is 0.600. The average Bonchev–Trinajstić information content (AvgIpc) is 3.53. The molecule has 2 unspecified atom stereocenters. The monoisotopic (exact) mass is 454 g/mol. The second kappa shape index (κ2) is 8.76. The fraction of sp³-hybridized carbons (Fsp3) is 0.545. The first-order chi connectivity index (χ1) is 14.2. The molecule has 9 heteroatoms. The molecule has 0 radical (unpaired) electrons. The van der Waals surface area contributed by atoms with Crippen LogP contribution in [0.5, 0.6) is 0 Å². The summed E-state index contributed by atoms with van der Waals surface area (Å²) >= 11 is 0. The van der Waals surface area contributed by atoms with Gasteiger partial charge in [0.2, 0.25) is 0 Å². The van der Waals surface area contributed by atoms with Crippen LogP contribution in [0.2, 0.25) is 0 Å². The molecule has 170 valence electrons. The number of hydrogen-bond donors (Lipinski definition) is 3. The third kappa shape index (κ3) is 4.16. The van der Waals surface area contributed by atoms with E-state index in [4.69, 9.17) is 0 Å². The van der Waals surface area contributed by atoms with E-state index in [0.29, 0.717) is 29.9 Å². The predicted octanol–water partition coefficient (Wildman–Crippen LogP) is 2.91. The van der Waals surface area contributed by atoms with Crippen LogP contribution in [0.3, 0.4) is 0 Å². The van der Waals surface area contributed by atoms with E-state index in [0.717, 1.165) is 41.8 Å². The maximum atomic E-state index is 15.3. The van der Waals surface area contributed by atoms with Gasteiger partial charge in [0.25, 0.3) is 5.56 Å². The van der Waals surface area contributed by atoms with Crippen LogP contribution >= 0.6 is 12.4 Å². The first-order valence-corrected chi connectivity index (χ1v) is 10.4. The molecule has 0 bridgehead atoms. The number of fused-ring (bicyclic) bond motifs is 1. The van der Waals surface area contributed by atoms with Crippen LogP contribution in [0.25, 0.3) is 5.52 Å². The SMILES string of the molecule is Cc1c(N2CCCC(C(C)C(O)O)C2)c(F)cn2c(=O)c(C(=O)O)cc(C3CC3)c12.Cl. The van der Waals surface area contributed by atoms with Crippen LogP contribution in [0.15, 0.2) is 17.1 Å². The van der Waals surface area contributed by atoms with Gasteiger partial charge in [0.05, 0.1) is 17.4 Å². The van der Waals surface area contributed by atoms with E-state index in [1.165, 1.54) is 6.07 Å². The van der Waals surface area contributed by atoms with E-state index >= 15 is 4.39 Å². The zero-order valence-corrected chi connectivity index (χ0v) is 18.4. The lowest BCUT2D eigenvalue weighted by Gasteiger charge is -2.38. The second-order valence-electron chi connectivity index (χ2n) is 8.69. The number of carboxylic acids is 1. The van der Waals surface area contributed by atoms with Crippen molar-refractivity contribution in [1.82, 2.24) is 4.40 Å². The molecule has 2 fully saturated rings. The number of nitrogens with zero attached hydrogens (tertiary/aromatic N) is 2. The minimum absolute atomic E-state index is 0. The number of aliphatic hydroxyl groups excluding tert-OH is 1. The number of aromatic nitrogens is 1. The van der Waals surface area contributed by atoms with Gasteiger partial charge in [-0.2, -0.15) is 0 Å². The van der Waals surface area contributed by atoms with Gasteiger partial charge in [-0.3, -0.25) is 9.20 Å². The summed E-state index contributed by atoms with van der Waals surface area (Å²) in [5, 5.41) is 28.5. The third-order valence-corrected chi connectivity index (χ3v) is 6.68. The number of rotatable bonds is 5. The summed E-state index contributed by atoms with van der Waals surface area (Å²) in [4.78, 5) is 26.2. The molecule has 7 nitrogen and oxygen atoms in total. The van der Waals surface area contributed by atoms with Crippen LogP contribution in [-0.4, -0.2) is 45.1 Å². The van der Waals surface area contributed by atoms with Crippen LogP contribution in [0.1, 0.15) is 60.0 Å². The number of carboxylic acid groups (broad SMARTS) is 1. The Morgan fingerprint density at radius 3 is 2.52 bits per heavy atom. The number of pyridine rings is 2. The standard InChI is InChI=1S/C22H27FN2O5.ClH/c1-11(21(27)28)14-4-3-7-24(9-14)19-12(2)18-15(13-5-6-13)8-16(22(29)30)20(26)25(18)10-17(19)23;/h8,10-11,13-14,21,27-28H,3-7,9H2,1-2H3,(H,29,30);1H. The summed E-state index contributed by atoms with van der Waals surface area (Å²) in [7, 11) is 0. The van der Waals surface area contributed by atoms with Gasteiger partial charge in [0, 0.05) is 19.0 Å². The maximum absolute atomic E-state index is 15.3. The van der Waals surface area contributed by atoms with Gasteiger partial charge in [-0.1, -0.05) is 6.92 Å². The van der Waals surface area contributed by atoms with Gasteiger partial charge < -0.3 is 20.2 Å². The third-order valence-electron chi connectivity index (χ3n) is 6.68. The van der Waals surface area contributed by atoms with E-state index in [2.05, 4.69) is 0 Å². The van der Waals surface area contributed by atoms with Crippen LogP contribution in [-0.2, 0) is 0 Å². The van der Waals surface area contributed by atoms with Gasteiger partial charge in [-0.15, -0.1) is 12.4 Å². The smallest absolute Gasteiger partial charge is 0.341 e. The van der Waals surface area contributed by atoms with E-state index in [1.54, 1.807) is 13.8 Å². The number of carbonyl (C=O) groups is 1. The molecule has 0 aromatic carbocycles. The molecule has 2 aliphatic rings. The summed E-state index contributed by atoms with van der Waals surface area (Å²) in [6.07, 6.45) is 3.14. The Hall–Kier alpha value is -2.16. The Balaban J connectivity index is 0.00000272. The van der Waals surface area contributed by atoms with Crippen molar-refractivity contribution in [3.8, 4) is 0 Å². The molecule has 4 rings (SSSR count). The van der Waals surface area contributed by atoms with Crippen LogP contribution in [0, 0.1) is 24.6 Å². The Morgan fingerprint density at radius 1 is 1.26 bits per heavy atom. The molecule has 2 aromatic rings. The first kappa shape index (κ1) is 23.5. The fourth-order valence-electron chi connectivity index (χ4n) is 4.77. The lowest BCUT2D eigenvalue weighted by atomic mass is 9.85. The zero-order valence-electron chi connectivity index (χ0n) is 17.5. The molecule has 3 N–H and O–H groups in total. The lowest BCUT2D eigenvalue weighted by molar-refractivity contribution is -0.0955. The number of piperidine rings is 1. The number of hydrogen-bond acceptors (Lipinski definition) is 5. The summed E-state index contributed by atoms with van der Waals surface area (Å²) in [6, 6.07) is 1.45. The van der Waals surface area contributed by atoms with Crippen molar-refractivity contribution in [3.05, 3.63) is 45.1 Å². The van der Waals surface area contributed by atoms with Crippen molar-refractivity contribution in [2.75, 3.05) is 18.0 Å². The minimum Gasteiger partial charge on any atom is -0.477 e. The van der Waals surface area contributed by atoms with Gasteiger partial charge >= 0.3 is 5.97 Å². The highest BCUT2D eigenvalue weighted by Crippen LogP contribution is 2.44. The van der Waals surface area contributed by atoms with Gasteiger partial charge in [-0.25, -0.2) is 9.18 Å². The Kier molecular flexibility index (Phi) is 6.64. The van der Waals surface area contributed by atoms with Gasteiger partial charge in [0.15, 0.2) is 12.1 Å². The number of aromatic carboxylic acids is 1. The average molecular weight is 455 g/mol. The highest BCUT2D eigenvalue weighted by molar-refractivity contribution is 5.89. The Bertz CT molecular complexity index is 1070. The first-order valence-electron chi connectivity index (χ1n) is 10.4. The van der Waals surface area contributed by atoms with Crippen molar-refractivity contribution in [1.29, 1.82) is 0 Å². The highest BCUT2D eigenvalue weighted by Gasteiger charge is 2.33. The summed E-state index contributed by atoms with van der Waals surface area (Å²) in [6.45, 7) is 4.67. The summed E-state index contributed by atoms with van der Waals surface area (Å²) in [5.74, 6) is -2.04. The maximum Gasteiger partial charge on any atom is 0.341 e. The minimum atomic E-state index is -1.42. The number of halogens is 2. The number of aliphatic hydroxyl groups is 2. The van der Waals surface area contributed by atoms with Gasteiger partial charge in [0.1, 0.15) is 5.56 Å². The van der Waals surface area contributed by atoms with Crippen molar-refractivity contribution in [3.63, 3.8) is 0 Å². The summed E-state index contributed by atoms with van der Waals surface area (Å²) < 4.78 is 16.4. The van der Waals surface area contributed by atoms with E-state index < -0.39 is 23.6 Å². The highest BCUT2D eigenvalue weighted by atomic mass is 35.5. The van der Waals surface area contributed by atoms with Crippen molar-refractivity contribution >= 4 is 29.6 Å². The molecule has 1 saturated heterocycles. The lowest BCUT2D eigenvalue weighted by Crippen LogP contribution is -2.41. The molecule has 3 heterocycles. The van der Waals surface area contributed by atoms with E-state index in [-0.39, 0.29) is 35.7 Å². The Labute approximate surface area is 185 Å². The second-order valence-corrected chi connectivity index (χ2v) is 8.69. The molecule has 1 saturated carbocycles. The molecule has 2 atom stereocenters. The Morgan fingerprint density at radius 2 is 1.94 bits per heavy atom. The summed E-state index contributed by atoms with van der Waals surface area (Å²) in [5.41, 5.74) is 1.31. The van der Waals surface area contributed by atoms with Crippen molar-refractivity contribution < 1.29 is 24.5 Å². The van der Waals surface area contributed by atoms with Crippen molar-refractivity contribution in [2.45, 2.75) is 51.7 Å². The van der Waals surface area contributed by atoms with E-state index in [9.17, 15) is 24.9 Å². The largest absolute Gasteiger partial charge is 0.477 e. The molecule has 31 heavy (non-hydrogen) atoms.